The van der Waals surface area contributed by atoms with E-state index in [0.29, 0.717) is 11.4 Å². The Bertz CT molecular complexity index is 1290. The van der Waals surface area contributed by atoms with E-state index in [1.807, 2.05) is 0 Å². The van der Waals surface area contributed by atoms with E-state index < -0.39 is 25.9 Å². The Kier molecular flexibility index (Phi) is 6.37. The molecule has 0 spiro atoms. The number of nitrogens with one attached hydrogen (secondary N) is 2. The third-order valence-corrected chi connectivity index (χ3v) is 6.92. The summed E-state index contributed by atoms with van der Waals surface area (Å²) in [5.41, 5.74) is 0.169. The number of sulfonamides is 2. The Labute approximate surface area is 179 Å². The number of rotatable bonds is 8. The zero-order valence-corrected chi connectivity index (χ0v) is 18.1. The standard InChI is InChI=1S/C20H19FN2O6S2/c1-28-16-8-6-15(7-9-16)22-30(24,25)18-10-11-20(29-2)19(13-18)23-31(26,27)17-5-3-4-14(21)12-17/h3-13,22-23H,1-2H3. The Morgan fingerprint density at radius 2 is 1.39 bits per heavy atom. The fraction of sp³-hybridized carbons (Fsp3) is 0.100. The minimum Gasteiger partial charge on any atom is -0.497 e. The second-order valence-electron chi connectivity index (χ2n) is 6.26. The minimum absolute atomic E-state index is 0.0865. The molecule has 0 atom stereocenters. The van der Waals surface area contributed by atoms with Crippen LogP contribution in [0.1, 0.15) is 0 Å². The summed E-state index contributed by atoms with van der Waals surface area (Å²) in [5, 5.41) is 0. The van der Waals surface area contributed by atoms with Gasteiger partial charge in [0.05, 0.1) is 29.7 Å². The zero-order valence-electron chi connectivity index (χ0n) is 16.5. The van der Waals surface area contributed by atoms with Crippen LogP contribution in [-0.4, -0.2) is 31.1 Å². The number of ether oxygens (including phenoxy) is 2. The Morgan fingerprint density at radius 1 is 0.742 bits per heavy atom. The average Bonchev–Trinajstić information content (AvgIpc) is 2.74. The van der Waals surface area contributed by atoms with E-state index in [4.69, 9.17) is 9.47 Å². The molecule has 11 heteroatoms. The molecular weight excluding hydrogens is 447 g/mol. The highest BCUT2D eigenvalue weighted by molar-refractivity contribution is 7.93. The topological polar surface area (TPSA) is 111 Å². The van der Waals surface area contributed by atoms with Crippen LogP contribution in [-0.2, 0) is 20.0 Å². The average molecular weight is 467 g/mol. The maximum absolute atomic E-state index is 13.4. The summed E-state index contributed by atoms with van der Waals surface area (Å²) in [6.45, 7) is 0. The molecule has 0 amide bonds. The predicted octanol–water partition coefficient (Wildman–Crippen LogP) is 3.44. The molecule has 0 aliphatic heterocycles. The number of hydrogen-bond donors (Lipinski definition) is 2. The molecule has 0 saturated carbocycles. The van der Waals surface area contributed by atoms with Crippen molar-refractivity contribution >= 4 is 31.4 Å². The maximum Gasteiger partial charge on any atom is 0.262 e. The predicted molar refractivity (Wildman–Crippen MR) is 114 cm³/mol. The molecule has 3 rings (SSSR count). The summed E-state index contributed by atoms with van der Waals surface area (Å²) in [6.07, 6.45) is 0. The van der Waals surface area contributed by atoms with Crippen molar-refractivity contribution in [3.05, 3.63) is 72.5 Å². The van der Waals surface area contributed by atoms with Crippen LogP contribution < -0.4 is 18.9 Å². The van der Waals surface area contributed by atoms with Gasteiger partial charge in [-0.05, 0) is 60.7 Å². The fourth-order valence-corrected chi connectivity index (χ4v) is 4.82. The van der Waals surface area contributed by atoms with E-state index in [2.05, 4.69) is 9.44 Å². The van der Waals surface area contributed by atoms with Gasteiger partial charge >= 0.3 is 0 Å². The van der Waals surface area contributed by atoms with Crippen molar-refractivity contribution in [2.45, 2.75) is 9.79 Å². The second kappa shape index (κ2) is 8.82. The Hall–Kier alpha value is -3.31. The fourth-order valence-electron chi connectivity index (χ4n) is 2.64. The van der Waals surface area contributed by atoms with Gasteiger partial charge in [-0.1, -0.05) is 6.07 Å². The van der Waals surface area contributed by atoms with Gasteiger partial charge in [0.25, 0.3) is 20.0 Å². The number of halogens is 1. The van der Waals surface area contributed by atoms with Gasteiger partial charge in [-0.3, -0.25) is 9.44 Å². The second-order valence-corrected chi connectivity index (χ2v) is 9.62. The van der Waals surface area contributed by atoms with Gasteiger partial charge in [0.2, 0.25) is 0 Å². The summed E-state index contributed by atoms with van der Waals surface area (Å²) >= 11 is 0. The van der Waals surface area contributed by atoms with Crippen molar-refractivity contribution in [1.82, 2.24) is 0 Å². The molecule has 0 bridgehead atoms. The first-order valence-electron chi connectivity index (χ1n) is 8.78. The highest BCUT2D eigenvalue weighted by Gasteiger charge is 2.21. The number of anilines is 2. The van der Waals surface area contributed by atoms with Crippen LogP contribution in [0.4, 0.5) is 15.8 Å². The SMILES string of the molecule is COc1ccc(NS(=O)(=O)c2ccc(OC)c(NS(=O)(=O)c3cccc(F)c3)c2)cc1. The van der Waals surface area contributed by atoms with Gasteiger partial charge in [-0.15, -0.1) is 0 Å². The normalized spacial score (nSPS) is 11.6. The highest BCUT2D eigenvalue weighted by Crippen LogP contribution is 2.30. The quantitative estimate of drug-likeness (QED) is 0.526. The van der Waals surface area contributed by atoms with E-state index >= 15 is 0 Å². The number of methoxy groups -OCH3 is 2. The van der Waals surface area contributed by atoms with Crippen LogP contribution in [0.15, 0.2) is 76.5 Å². The van der Waals surface area contributed by atoms with E-state index in [-0.39, 0.29) is 21.2 Å². The third kappa shape index (κ3) is 5.25. The van der Waals surface area contributed by atoms with Crippen molar-refractivity contribution in [3.8, 4) is 11.5 Å². The number of hydrogen-bond acceptors (Lipinski definition) is 6. The first-order chi connectivity index (χ1) is 14.6. The molecule has 0 heterocycles. The molecular formula is C20H19FN2O6S2. The maximum atomic E-state index is 13.4. The third-order valence-electron chi connectivity index (χ3n) is 4.17. The number of benzene rings is 3. The lowest BCUT2D eigenvalue weighted by Crippen LogP contribution is -2.16. The first-order valence-corrected chi connectivity index (χ1v) is 11.7. The molecule has 3 aromatic rings. The largest absolute Gasteiger partial charge is 0.497 e. The molecule has 0 fully saturated rings. The Balaban J connectivity index is 1.94. The minimum atomic E-state index is -4.20. The molecule has 0 aliphatic rings. The molecule has 0 unspecified atom stereocenters. The molecule has 8 nitrogen and oxygen atoms in total. The van der Waals surface area contributed by atoms with E-state index in [0.717, 1.165) is 18.2 Å². The van der Waals surface area contributed by atoms with E-state index in [1.54, 1.807) is 12.1 Å². The van der Waals surface area contributed by atoms with Crippen LogP contribution in [0, 0.1) is 5.82 Å². The van der Waals surface area contributed by atoms with Crippen molar-refractivity contribution in [2.24, 2.45) is 0 Å². The van der Waals surface area contributed by atoms with Crippen LogP contribution in [0.3, 0.4) is 0 Å². The van der Waals surface area contributed by atoms with E-state index in [9.17, 15) is 21.2 Å². The molecule has 2 N–H and O–H groups in total. The van der Waals surface area contributed by atoms with Crippen molar-refractivity contribution < 1.29 is 30.7 Å². The van der Waals surface area contributed by atoms with Crippen molar-refractivity contribution in [2.75, 3.05) is 23.7 Å². The van der Waals surface area contributed by atoms with Crippen LogP contribution in [0.2, 0.25) is 0 Å². The lowest BCUT2D eigenvalue weighted by atomic mass is 10.3. The summed E-state index contributed by atoms with van der Waals surface area (Å²) in [6, 6.07) is 14.3. The van der Waals surface area contributed by atoms with Gasteiger partial charge in [0.15, 0.2) is 0 Å². The molecule has 0 aromatic heterocycles. The summed E-state index contributed by atoms with van der Waals surface area (Å²) in [5.74, 6) is -0.0836. The summed E-state index contributed by atoms with van der Waals surface area (Å²) < 4.78 is 79.1. The lowest BCUT2D eigenvalue weighted by Gasteiger charge is -2.14. The molecule has 31 heavy (non-hydrogen) atoms. The van der Waals surface area contributed by atoms with Crippen LogP contribution >= 0.6 is 0 Å². The Morgan fingerprint density at radius 3 is 2.00 bits per heavy atom. The van der Waals surface area contributed by atoms with Crippen LogP contribution in [0.5, 0.6) is 11.5 Å². The molecule has 0 aliphatic carbocycles. The summed E-state index contributed by atoms with van der Waals surface area (Å²) in [7, 11) is -5.45. The molecule has 0 radical (unpaired) electrons. The lowest BCUT2D eigenvalue weighted by molar-refractivity contribution is 0.415. The van der Waals surface area contributed by atoms with E-state index in [1.165, 1.54) is 50.6 Å². The monoisotopic (exact) mass is 466 g/mol. The van der Waals surface area contributed by atoms with Gasteiger partial charge in [-0.25, -0.2) is 21.2 Å². The van der Waals surface area contributed by atoms with Crippen molar-refractivity contribution in [1.29, 1.82) is 0 Å². The highest BCUT2D eigenvalue weighted by atomic mass is 32.2. The van der Waals surface area contributed by atoms with Gasteiger partial charge in [0.1, 0.15) is 17.3 Å². The molecule has 0 saturated heterocycles. The smallest absolute Gasteiger partial charge is 0.262 e. The zero-order chi connectivity index (χ0) is 22.6. The first kappa shape index (κ1) is 22.4. The molecule has 3 aromatic carbocycles. The van der Waals surface area contributed by atoms with Crippen LogP contribution in [0.25, 0.3) is 0 Å². The van der Waals surface area contributed by atoms with Gasteiger partial charge < -0.3 is 9.47 Å². The summed E-state index contributed by atoms with van der Waals surface area (Å²) in [4.78, 5) is -0.528. The van der Waals surface area contributed by atoms with Gasteiger partial charge in [-0.2, -0.15) is 0 Å². The molecule has 164 valence electrons. The van der Waals surface area contributed by atoms with Crippen molar-refractivity contribution in [3.63, 3.8) is 0 Å². The van der Waals surface area contributed by atoms with Gasteiger partial charge in [0, 0.05) is 5.69 Å².